The molecule has 1 aliphatic heterocycles. The number of nitrogen functional groups attached to an aromatic ring is 1. The molecule has 1 aliphatic rings. The van der Waals surface area contributed by atoms with Crippen LogP contribution in [0.2, 0.25) is 0 Å². The normalized spacial score (nSPS) is 22.2. The van der Waals surface area contributed by atoms with Gasteiger partial charge in [0.05, 0.1) is 19.3 Å². The highest BCUT2D eigenvalue weighted by Gasteiger charge is 2.37. The molecule has 0 aliphatic carbocycles. The predicted octanol–water partition coefficient (Wildman–Crippen LogP) is 0.618. The summed E-state index contributed by atoms with van der Waals surface area (Å²) in [5, 5.41) is 18.1. The molecule has 0 bridgehead atoms. The Labute approximate surface area is 117 Å². The molecule has 2 rings (SSSR count). The first-order chi connectivity index (χ1) is 9.52. The third-order valence-corrected chi connectivity index (χ3v) is 3.58. The Kier molecular flexibility index (Phi) is 4.46. The lowest BCUT2D eigenvalue weighted by Crippen LogP contribution is -2.36. The molecule has 2 unspecified atom stereocenters. The number of aliphatic hydroxyl groups is 1. The van der Waals surface area contributed by atoms with Crippen LogP contribution in [0.3, 0.4) is 0 Å². The van der Waals surface area contributed by atoms with Crippen LogP contribution in [-0.4, -0.2) is 48.1 Å². The Morgan fingerprint density at radius 2 is 2.30 bits per heavy atom. The molecule has 0 amide bonds. The molecular weight excluding hydrogens is 260 g/mol. The summed E-state index contributed by atoms with van der Waals surface area (Å²) in [7, 11) is 0. The van der Waals surface area contributed by atoms with E-state index in [4.69, 9.17) is 15.6 Å². The summed E-state index contributed by atoms with van der Waals surface area (Å²) >= 11 is 0. The van der Waals surface area contributed by atoms with Crippen LogP contribution in [0.25, 0.3) is 0 Å². The SMILES string of the molecule is Cc1cc(N2CC(OCCO)CC2C(=O)O)ccc1N. The maximum absolute atomic E-state index is 11.4. The van der Waals surface area contributed by atoms with Crippen LogP contribution < -0.4 is 10.6 Å². The topological polar surface area (TPSA) is 96.0 Å². The van der Waals surface area contributed by atoms with Gasteiger partial charge in [0.25, 0.3) is 0 Å². The zero-order valence-electron chi connectivity index (χ0n) is 11.5. The van der Waals surface area contributed by atoms with Crippen molar-refractivity contribution in [1.29, 1.82) is 0 Å². The molecule has 4 N–H and O–H groups in total. The van der Waals surface area contributed by atoms with Crippen LogP contribution in [0.1, 0.15) is 12.0 Å². The number of carbonyl (C=O) groups is 1. The minimum atomic E-state index is -0.866. The summed E-state index contributed by atoms with van der Waals surface area (Å²) < 4.78 is 5.46. The standard InChI is InChI=1S/C14H20N2O4/c1-9-6-10(2-3-12(9)15)16-8-11(20-5-4-17)7-13(16)14(18)19/h2-3,6,11,13,17H,4-5,7-8,15H2,1H3,(H,18,19). The van der Waals surface area contributed by atoms with Gasteiger partial charge in [-0.2, -0.15) is 0 Å². The fourth-order valence-corrected chi connectivity index (χ4v) is 2.50. The van der Waals surface area contributed by atoms with Gasteiger partial charge in [0.15, 0.2) is 0 Å². The number of rotatable bonds is 5. The molecule has 6 nitrogen and oxygen atoms in total. The number of hydrogen-bond donors (Lipinski definition) is 3. The van der Waals surface area contributed by atoms with E-state index in [1.807, 2.05) is 24.0 Å². The number of benzene rings is 1. The van der Waals surface area contributed by atoms with E-state index in [1.54, 1.807) is 6.07 Å². The number of nitrogens with two attached hydrogens (primary N) is 1. The lowest BCUT2D eigenvalue weighted by atomic mass is 10.1. The Morgan fingerprint density at radius 1 is 1.55 bits per heavy atom. The van der Waals surface area contributed by atoms with Crippen molar-refractivity contribution in [3.05, 3.63) is 23.8 Å². The molecule has 1 saturated heterocycles. The Hall–Kier alpha value is -1.79. The van der Waals surface area contributed by atoms with Gasteiger partial charge in [0.2, 0.25) is 0 Å². The number of aliphatic hydroxyl groups excluding tert-OH is 1. The first-order valence-electron chi connectivity index (χ1n) is 6.61. The predicted molar refractivity (Wildman–Crippen MR) is 75.8 cm³/mol. The van der Waals surface area contributed by atoms with Crippen molar-refractivity contribution in [2.75, 3.05) is 30.4 Å². The number of aryl methyl sites for hydroxylation is 1. The summed E-state index contributed by atoms with van der Waals surface area (Å²) in [4.78, 5) is 13.2. The van der Waals surface area contributed by atoms with Crippen molar-refractivity contribution in [3.63, 3.8) is 0 Å². The van der Waals surface area contributed by atoms with Crippen LogP contribution >= 0.6 is 0 Å². The van der Waals surface area contributed by atoms with Crippen LogP contribution in [0.4, 0.5) is 11.4 Å². The largest absolute Gasteiger partial charge is 0.480 e. The van der Waals surface area contributed by atoms with E-state index >= 15 is 0 Å². The summed E-state index contributed by atoms with van der Waals surface area (Å²) in [6.45, 7) is 2.56. The van der Waals surface area contributed by atoms with Gasteiger partial charge < -0.3 is 25.6 Å². The minimum absolute atomic E-state index is 0.0603. The molecule has 1 heterocycles. The van der Waals surface area contributed by atoms with E-state index in [0.717, 1.165) is 11.3 Å². The maximum Gasteiger partial charge on any atom is 0.326 e. The summed E-state index contributed by atoms with van der Waals surface area (Å²) in [5.41, 5.74) is 8.23. The molecule has 0 radical (unpaired) electrons. The van der Waals surface area contributed by atoms with Crippen molar-refractivity contribution < 1.29 is 19.7 Å². The molecule has 0 spiro atoms. The number of aliphatic carboxylic acids is 1. The average molecular weight is 280 g/mol. The van der Waals surface area contributed by atoms with E-state index in [1.165, 1.54) is 0 Å². The van der Waals surface area contributed by atoms with Crippen LogP contribution in [0.5, 0.6) is 0 Å². The van der Waals surface area contributed by atoms with Gasteiger partial charge in [-0.1, -0.05) is 0 Å². The zero-order valence-corrected chi connectivity index (χ0v) is 11.5. The molecule has 1 aromatic rings. The van der Waals surface area contributed by atoms with Crippen molar-refractivity contribution >= 4 is 17.3 Å². The second-order valence-corrected chi connectivity index (χ2v) is 5.00. The molecule has 1 fully saturated rings. The maximum atomic E-state index is 11.4. The third-order valence-electron chi connectivity index (χ3n) is 3.58. The molecule has 1 aromatic carbocycles. The van der Waals surface area contributed by atoms with Gasteiger partial charge in [-0.15, -0.1) is 0 Å². The lowest BCUT2D eigenvalue weighted by molar-refractivity contribution is -0.138. The molecule has 110 valence electrons. The molecule has 6 heteroatoms. The van der Waals surface area contributed by atoms with Crippen molar-refractivity contribution in [3.8, 4) is 0 Å². The fourth-order valence-electron chi connectivity index (χ4n) is 2.50. The second-order valence-electron chi connectivity index (χ2n) is 5.00. The van der Waals surface area contributed by atoms with Gasteiger partial charge in [-0.25, -0.2) is 4.79 Å². The Balaban J connectivity index is 2.18. The van der Waals surface area contributed by atoms with Crippen molar-refractivity contribution in [1.82, 2.24) is 0 Å². The fraction of sp³-hybridized carbons (Fsp3) is 0.500. The Morgan fingerprint density at radius 3 is 2.90 bits per heavy atom. The van der Waals surface area contributed by atoms with Crippen molar-refractivity contribution in [2.45, 2.75) is 25.5 Å². The first-order valence-corrected chi connectivity index (χ1v) is 6.61. The van der Waals surface area contributed by atoms with E-state index in [2.05, 4.69) is 0 Å². The average Bonchev–Trinajstić information content (AvgIpc) is 2.84. The highest BCUT2D eigenvalue weighted by molar-refractivity contribution is 5.79. The monoisotopic (exact) mass is 280 g/mol. The summed E-state index contributed by atoms with van der Waals surface area (Å²) in [5.74, 6) is -0.866. The molecule has 0 aromatic heterocycles. The molecule has 2 atom stereocenters. The highest BCUT2D eigenvalue weighted by atomic mass is 16.5. The summed E-state index contributed by atoms with van der Waals surface area (Å²) in [6.07, 6.45) is 0.236. The number of carboxylic acid groups (broad SMARTS) is 1. The summed E-state index contributed by atoms with van der Waals surface area (Å²) in [6, 6.07) is 4.89. The first kappa shape index (κ1) is 14.6. The number of anilines is 2. The third kappa shape index (κ3) is 3.02. The van der Waals surface area contributed by atoms with E-state index in [-0.39, 0.29) is 19.3 Å². The number of carboxylic acids is 1. The second kappa shape index (κ2) is 6.11. The van der Waals surface area contributed by atoms with E-state index in [0.29, 0.717) is 18.7 Å². The minimum Gasteiger partial charge on any atom is -0.480 e. The van der Waals surface area contributed by atoms with Gasteiger partial charge in [0, 0.05) is 24.3 Å². The molecule has 0 saturated carbocycles. The van der Waals surface area contributed by atoms with Crippen LogP contribution in [-0.2, 0) is 9.53 Å². The molecule has 20 heavy (non-hydrogen) atoms. The van der Waals surface area contributed by atoms with Gasteiger partial charge >= 0.3 is 5.97 Å². The van der Waals surface area contributed by atoms with E-state index in [9.17, 15) is 9.90 Å². The van der Waals surface area contributed by atoms with Crippen molar-refractivity contribution in [2.24, 2.45) is 0 Å². The smallest absolute Gasteiger partial charge is 0.326 e. The lowest BCUT2D eigenvalue weighted by Gasteiger charge is -2.24. The van der Waals surface area contributed by atoms with Crippen LogP contribution in [0, 0.1) is 6.92 Å². The number of ether oxygens (including phenoxy) is 1. The quantitative estimate of drug-likeness (QED) is 0.684. The van der Waals surface area contributed by atoms with Gasteiger partial charge in [0.1, 0.15) is 6.04 Å². The van der Waals surface area contributed by atoms with Crippen LogP contribution in [0.15, 0.2) is 18.2 Å². The number of nitrogens with zero attached hydrogens (tertiary/aromatic N) is 1. The Bertz CT molecular complexity index is 492. The van der Waals surface area contributed by atoms with E-state index < -0.39 is 12.0 Å². The zero-order chi connectivity index (χ0) is 14.7. The number of hydrogen-bond acceptors (Lipinski definition) is 5. The van der Waals surface area contributed by atoms with Gasteiger partial charge in [-0.05, 0) is 30.7 Å². The highest BCUT2D eigenvalue weighted by Crippen LogP contribution is 2.29. The van der Waals surface area contributed by atoms with Gasteiger partial charge in [-0.3, -0.25) is 0 Å². The molecular formula is C14H20N2O4.